The van der Waals surface area contributed by atoms with Crippen LogP contribution < -0.4 is 15.4 Å². The van der Waals surface area contributed by atoms with Crippen LogP contribution in [0.3, 0.4) is 0 Å². The number of hydrogen-bond donors (Lipinski definition) is 3. The average molecular weight is 396 g/mol. The monoisotopic (exact) mass is 396 g/mol. The maximum absolute atomic E-state index is 13.8. The first-order chi connectivity index (χ1) is 13.9. The maximum atomic E-state index is 13.8. The first-order valence-corrected chi connectivity index (χ1v) is 9.45. The van der Waals surface area contributed by atoms with Crippen molar-refractivity contribution in [2.75, 3.05) is 5.32 Å². The van der Waals surface area contributed by atoms with Crippen molar-refractivity contribution in [2.45, 2.75) is 37.3 Å². The number of rotatable bonds is 4. The van der Waals surface area contributed by atoms with Crippen molar-refractivity contribution < 1.29 is 23.8 Å². The van der Waals surface area contributed by atoms with Gasteiger partial charge in [-0.1, -0.05) is 6.58 Å². The lowest BCUT2D eigenvalue weighted by molar-refractivity contribution is -0.111. The molecule has 0 unspecified atom stereocenters. The Hall–Kier alpha value is -3.35. The molecule has 1 fully saturated rings. The summed E-state index contributed by atoms with van der Waals surface area (Å²) < 4.78 is 19.9. The van der Waals surface area contributed by atoms with Gasteiger partial charge in [0.15, 0.2) is 0 Å². The van der Waals surface area contributed by atoms with Gasteiger partial charge in [0.25, 0.3) is 5.91 Å². The second-order valence-corrected chi connectivity index (χ2v) is 7.48. The number of halogens is 1. The minimum absolute atomic E-state index is 0.0129. The fourth-order valence-corrected chi connectivity index (χ4v) is 3.87. The molecule has 0 aromatic heterocycles. The molecule has 1 heterocycles. The Labute approximate surface area is 167 Å². The Morgan fingerprint density at radius 2 is 2.03 bits per heavy atom. The van der Waals surface area contributed by atoms with Gasteiger partial charge >= 0.3 is 0 Å². The molecule has 0 radical (unpaired) electrons. The first kappa shape index (κ1) is 19.0. The van der Waals surface area contributed by atoms with Crippen molar-refractivity contribution in [1.82, 2.24) is 5.32 Å². The average Bonchev–Trinajstić information content (AvgIpc) is 2.68. The molecule has 2 aliphatic rings. The van der Waals surface area contributed by atoms with Gasteiger partial charge in [-0.05, 0) is 61.7 Å². The number of carbonyl (C=O) groups is 2. The molecule has 2 amide bonds. The molecule has 6 nitrogen and oxygen atoms in total. The normalized spacial score (nSPS) is 18.7. The number of hydrogen-bond acceptors (Lipinski definition) is 4. The van der Waals surface area contributed by atoms with Crippen molar-refractivity contribution in [3.63, 3.8) is 0 Å². The van der Waals surface area contributed by atoms with E-state index in [-0.39, 0.29) is 16.9 Å². The van der Waals surface area contributed by atoms with Gasteiger partial charge in [0, 0.05) is 17.7 Å². The third-order valence-electron chi connectivity index (χ3n) is 5.51. The largest absolute Gasteiger partial charge is 0.507 e. The minimum Gasteiger partial charge on any atom is -0.507 e. The summed E-state index contributed by atoms with van der Waals surface area (Å²) in [4.78, 5) is 24.4. The zero-order valence-electron chi connectivity index (χ0n) is 15.7. The molecule has 150 valence electrons. The summed E-state index contributed by atoms with van der Waals surface area (Å²) in [6.07, 6.45) is 4.44. The molecule has 3 N–H and O–H groups in total. The summed E-state index contributed by atoms with van der Waals surface area (Å²) in [7, 11) is 0. The Kier molecular flexibility index (Phi) is 4.74. The van der Waals surface area contributed by atoms with Crippen LogP contribution in [0.15, 0.2) is 49.1 Å². The van der Waals surface area contributed by atoms with Gasteiger partial charge < -0.3 is 20.5 Å². The summed E-state index contributed by atoms with van der Waals surface area (Å²) in [5.74, 6) is -1.01. The lowest BCUT2D eigenvalue weighted by atomic mass is 9.73. The molecule has 1 atom stereocenters. The van der Waals surface area contributed by atoms with Gasteiger partial charge in [-0.2, -0.15) is 0 Å². The number of carbonyl (C=O) groups excluding carboxylic acids is 2. The fourth-order valence-electron chi connectivity index (χ4n) is 3.87. The lowest BCUT2D eigenvalue weighted by Gasteiger charge is -2.48. The molecule has 2 aromatic carbocycles. The number of ether oxygens (including phenoxy) is 1. The summed E-state index contributed by atoms with van der Waals surface area (Å²) >= 11 is 0. The van der Waals surface area contributed by atoms with E-state index in [4.69, 9.17) is 4.74 Å². The number of amides is 2. The highest BCUT2D eigenvalue weighted by Gasteiger charge is 2.46. The Balaban J connectivity index is 1.61. The molecule has 1 aliphatic carbocycles. The van der Waals surface area contributed by atoms with Crippen LogP contribution in [0.2, 0.25) is 0 Å². The van der Waals surface area contributed by atoms with Crippen molar-refractivity contribution in [2.24, 2.45) is 0 Å². The molecule has 0 saturated heterocycles. The standard InChI is InChI=1S/C22H21FN2O4/c1-2-20(27)24-14-5-6-18(26)16(11-14)21(28)25-17-12-22(8-3-9-22)29-19-7-4-13(23)10-15(17)19/h2,4-7,10-11,17,26H,1,3,8-9,12H2,(H,24,27)(H,25,28)/t17-/m1/s1. The second-order valence-electron chi connectivity index (χ2n) is 7.48. The quantitative estimate of drug-likeness (QED) is 0.541. The van der Waals surface area contributed by atoms with Crippen LogP contribution in [0.1, 0.15) is 47.6 Å². The summed E-state index contributed by atoms with van der Waals surface area (Å²) in [6.45, 7) is 3.38. The summed E-state index contributed by atoms with van der Waals surface area (Å²) in [5.41, 5.74) is 0.599. The van der Waals surface area contributed by atoms with E-state index in [1.54, 1.807) is 6.07 Å². The number of phenolic OH excluding ortho intramolecular Hbond substituents is 1. The van der Waals surface area contributed by atoms with Crippen LogP contribution in [0.25, 0.3) is 0 Å². The van der Waals surface area contributed by atoms with Gasteiger partial charge in [0.2, 0.25) is 5.91 Å². The number of phenols is 1. The van der Waals surface area contributed by atoms with E-state index in [9.17, 15) is 19.1 Å². The molecular weight excluding hydrogens is 375 g/mol. The van der Waals surface area contributed by atoms with Gasteiger partial charge in [0.1, 0.15) is 22.9 Å². The SMILES string of the molecule is C=CC(=O)Nc1ccc(O)c(C(=O)N[C@@H]2CC3(CCC3)Oc3ccc(F)cc32)c1. The Morgan fingerprint density at radius 1 is 1.24 bits per heavy atom. The van der Waals surface area contributed by atoms with Gasteiger partial charge in [-0.3, -0.25) is 9.59 Å². The highest BCUT2D eigenvalue weighted by atomic mass is 19.1. The molecule has 1 spiro atoms. The zero-order chi connectivity index (χ0) is 20.6. The molecular formula is C22H21FN2O4. The number of benzene rings is 2. The Morgan fingerprint density at radius 3 is 2.72 bits per heavy atom. The van der Waals surface area contributed by atoms with Crippen LogP contribution >= 0.6 is 0 Å². The predicted molar refractivity (Wildman–Crippen MR) is 105 cm³/mol. The molecule has 29 heavy (non-hydrogen) atoms. The highest BCUT2D eigenvalue weighted by molar-refractivity contribution is 6.02. The van der Waals surface area contributed by atoms with Crippen LogP contribution in [0.5, 0.6) is 11.5 Å². The predicted octanol–water partition coefficient (Wildman–Crippen LogP) is 3.83. The second kappa shape index (κ2) is 7.24. The summed E-state index contributed by atoms with van der Waals surface area (Å²) in [6, 6.07) is 8.05. The Bertz CT molecular complexity index is 1000. The van der Waals surface area contributed by atoms with E-state index in [1.165, 1.54) is 30.3 Å². The number of nitrogens with one attached hydrogen (secondary N) is 2. The molecule has 1 aliphatic heterocycles. The van der Waals surface area contributed by atoms with Gasteiger partial charge in [0.05, 0.1) is 11.6 Å². The third-order valence-corrected chi connectivity index (χ3v) is 5.51. The smallest absolute Gasteiger partial charge is 0.255 e. The maximum Gasteiger partial charge on any atom is 0.255 e. The number of anilines is 1. The number of aromatic hydroxyl groups is 1. The van der Waals surface area contributed by atoms with Crippen molar-refractivity contribution in [3.8, 4) is 11.5 Å². The topological polar surface area (TPSA) is 87.7 Å². The van der Waals surface area contributed by atoms with E-state index < -0.39 is 23.7 Å². The summed E-state index contributed by atoms with van der Waals surface area (Å²) in [5, 5.41) is 15.6. The van der Waals surface area contributed by atoms with E-state index in [1.807, 2.05) is 0 Å². The minimum atomic E-state index is -0.520. The van der Waals surface area contributed by atoms with E-state index in [2.05, 4.69) is 17.2 Å². The fraction of sp³-hybridized carbons (Fsp3) is 0.273. The zero-order valence-corrected chi connectivity index (χ0v) is 15.7. The van der Waals surface area contributed by atoms with E-state index in [0.29, 0.717) is 23.4 Å². The van der Waals surface area contributed by atoms with Crippen LogP contribution in [0.4, 0.5) is 10.1 Å². The van der Waals surface area contributed by atoms with Crippen molar-refractivity contribution >= 4 is 17.5 Å². The molecule has 7 heteroatoms. The van der Waals surface area contributed by atoms with E-state index >= 15 is 0 Å². The van der Waals surface area contributed by atoms with Crippen molar-refractivity contribution in [3.05, 3.63) is 66.0 Å². The van der Waals surface area contributed by atoms with Crippen LogP contribution in [0, 0.1) is 5.82 Å². The van der Waals surface area contributed by atoms with Gasteiger partial charge in [-0.25, -0.2) is 4.39 Å². The van der Waals surface area contributed by atoms with Gasteiger partial charge in [-0.15, -0.1) is 0 Å². The van der Waals surface area contributed by atoms with E-state index in [0.717, 1.165) is 25.3 Å². The number of fused-ring (bicyclic) bond motifs is 1. The lowest BCUT2D eigenvalue weighted by Crippen LogP contribution is -2.49. The van der Waals surface area contributed by atoms with Crippen molar-refractivity contribution in [1.29, 1.82) is 0 Å². The molecule has 2 aromatic rings. The van der Waals surface area contributed by atoms with Crippen LogP contribution in [-0.4, -0.2) is 22.5 Å². The highest BCUT2D eigenvalue weighted by Crippen LogP contribution is 2.49. The molecule has 0 bridgehead atoms. The third kappa shape index (κ3) is 3.68. The first-order valence-electron chi connectivity index (χ1n) is 9.45. The molecule has 4 rings (SSSR count). The molecule has 1 saturated carbocycles. The van der Waals surface area contributed by atoms with Crippen LogP contribution in [-0.2, 0) is 4.79 Å².